The van der Waals surface area contributed by atoms with Crippen molar-refractivity contribution >= 4 is 76.2 Å². The van der Waals surface area contributed by atoms with Crippen LogP contribution < -0.4 is 10.9 Å². The Hall–Kier alpha value is -2.84. The Morgan fingerprint density at radius 3 is 1.50 bits per heavy atom. The molecule has 150 valence electrons. The fourth-order valence-corrected chi connectivity index (χ4v) is 5.95. The van der Waals surface area contributed by atoms with E-state index in [-0.39, 0.29) is 33.5 Å². The van der Waals surface area contributed by atoms with Crippen LogP contribution in [0.4, 0.5) is 0 Å². The Kier molecular flexibility index (Phi) is 4.37. The van der Waals surface area contributed by atoms with Crippen LogP contribution in [0.5, 0.6) is 0 Å². The van der Waals surface area contributed by atoms with E-state index >= 15 is 0 Å². The number of rotatable bonds is 6. The topological polar surface area (TPSA) is 94.1 Å². The Balaban J connectivity index is 1.77. The number of nitrogens with zero attached hydrogens (tertiary/aromatic N) is 2. The van der Waals surface area contributed by atoms with Crippen LogP contribution in [0.2, 0.25) is 0 Å². The van der Waals surface area contributed by atoms with Crippen LogP contribution in [0.3, 0.4) is 0 Å². The lowest BCUT2D eigenvalue weighted by Crippen LogP contribution is -2.01. The molecule has 3 aromatic carbocycles. The van der Waals surface area contributed by atoms with Gasteiger partial charge in [-0.1, -0.05) is 13.8 Å². The largest absolute Gasteiger partial charge is 0.292 e. The third-order valence-electron chi connectivity index (χ3n) is 5.25. The van der Waals surface area contributed by atoms with Gasteiger partial charge in [-0.2, -0.15) is 0 Å². The minimum Gasteiger partial charge on any atom is -0.292 e. The van der Waals surface area contributed by atoms with Gasteiger partial charge in [0.05, 0.1) is 9.40 Å². The molecule has 0 saturated heterocycles. The summed E-state index contributed by atoms with van der Waals surface area (Å²) in [4.78, 5) is 58.9. The number of aromatic nitrogens is 2. The van der Waals surface area contributed by atoms with E-state index in [2.05, 4.69) is 9.97 Å². The molecule has 0 atom stereocenters. The van der Waals surface area contributed by atoms with Crippen LogP contribution in [0.1, 0.15) is 59.1 Å². The number of carbonyl (C=O) groups excluding carboxylic acids is 2. The molecule has 2 aromatic heterocycles. The van der Waals surface area contributed by atoms with Crippen molar-refractivity contribution in [1.29, 1.82) is 0 Å². The van der Waals surface area contributed by atoms with Crippen LogP contribution in [0.15, 0.2) is 21.7 Å². The average molecular weight is 437 g/mol. The molecule has 0 radical (unpaired) electrons. The highest BCUT2D eigenvalue weighted by atomic mass is 32.1. The quantitative estimate of drug-likeness (QED) is 0.356. The fraction of sp³-hybridized carbons (Fsp3) is 0.273. The Morgan fingerprint density at radius 2 is 1.13 bits per heavy atom. The number of Topliss-reactive ketones (excluding diaryl/α,β-unsaturated/α-hetero) is 2. The molecule has 0 fully saturated rings. The van der Waals surface area contributed by atoms with Gasteiger partial charge in [-0.3, -0.25) is 19.2 Å². The average Bonchev–Trinajstić information content (AvgIpc) is 3.45. The minimum absolute atomic E-state index is 0.0702. The summed E-state index contributed by atoms with van der Waals surface area (Å²) >= 11 is 2.42. The van der Waals surface area contributed by atoms with E-state index in [0.29, 0.717) is 66.6 Å². The molecular formula is C22H16N2O4S2. The predicted molar refractivity (Wildman–Crippen MR) is 121 cm³/mol. The van der Waals surface area contributed by atoms with Crippen molar-refractivity contribution in [2.75, 3.05) is 0 Å². The van der Waals surface area contributed by atoms with Crippen molar-refractivity contribution < 1.29 is 9.59 Å². The summed E-state index contributed by atoms with van der Waals surface area (Å²) in [5.74, 6) is -0.140. The molecule has 0 N–H and O–H groups in total. The van der Waals surface area contributed by atoms with Crippen molar-refractivity contribution in [1.82, 2.24) is 9.97 Å². The summed E-state index contributed by atoms with van der Waals surface area (Å²) in [7, 11) is 0. The van der Waals surface area contributed by atoms with E-state index in [1.807, 2.05) is 13.8 Å². The second-order valence-corrected chi connectivity index (χ2v) is 9.34. The number of fused-ring (bicyclic) bond motifs is 6. The Morgan fingerprint density at radius 1 is 0.733 bits per heavy atom. The van der Waals surface area contributed by atoms with E-state index in [1.54, 1.807) is 12.1 Å². The first-order valence-electron chi connectivity index (χ1n) is 9.80. The van der Waals surface area contributed by atoms with E-state index in [4.69, 9.17) is 0 Å². The molecule has 0 unspecified atom stereocenters. The smallest absolute Gasteiger partial charge is 0.213 e. The van der Waals surface area contributed by atoms with Crippen molar-refractivity contribution in [3.05, 3.63) is 42.6 Å². The molecule has 5 rings (SSSR count). The predicted octanol–water partition coefficient (Wildman–Crippen LogP) is 4.77. The van der Waals surface area contributed by atoms with E-state index in [0.717, 1.165) is 0 Å². The number of benzene rings is 1. The summed E-state index contributed by atoms with van der Waals surface area (Å²) in [6.45, 7) is 3.84. The lowest BCUT2D eigenvalue weighted by molar-refractivity contribution is 0.0973. The maximum atomic E-state index is 13.0. The van der Waals surface area contributed by atoms with E-state index in [1.165, 1.54) is 22.7 Å². The zero-order valence-corrected chi connectivity index (χ0v) is 18.0. The van der Waals surface area contributed by atoms with Crippen molar-refractivity contribution in [3.8, 4) is 0 Å². The number of hydrogen-bond acceptors (Lipinski definition) is 8. The summed E-state index contributed by atoms with van der Waals surface area (Å²) in [5, 5.41) is 2.93. The first-order valence-corrected chi connectivity index (χ1v) is 11.4. The molecule has 5 aromatic rings. The highest BCUT2D eigenvalue weighted by Crippen LogP contribution is 2.36. The van der Waals surface area contributed by atoms with Gasteiger partial charge in [0.25, 0.3) is 0 Å². The van der Waals surface area contributed by atoms with Crippen LogP contribution in [-0.2, 0) is 0 Å². The Labute approximate surface area is 177 Å². The van der Waals surface area contributed by atoms with Gasteiger partial charge in [0.15, 0.2) is 21.6 Å². The maximum Gasteiger partial charge on any atom is 0.213 e. The van der Waals surface area contributed by atoms with Gasteiger partial charge < -0.3 is 0 Å². The summed E-state index contributed by atoms with van der Waals surface area (Å²) in [5.41, 5.74) is 0.104. The second-order valence-electron chi connectivity index (χ2n) is 7.34. The molecule has 6 nitrogen and oxygen atoms in total. The van der Waals surface area contributed by atoms with Gasteiger partial charge in [0.2, 0.25) is 10.9 Å². The number of carbonyl (C=O) groups is 2. The van der Waals surface area contributed by atoms with Gasteiger partial charge >= 0.3 is 0 Å². The molecule has 0 saturated carbocycles. The first-order chi connectivity index (χ1) is 14.4. The normalized spacial score (nSPS) is 12.1. The third kappa shape index (κ3) is 2.60. The number of hydrogen-bond donors (Lipinski definition) is 0. The van der Waals surface area contributed by atoms with Gasteiger partial charge in [-0.15, -0.1) is 22.7 Å². The molecular weight excluding hydrogens is 420 g/mol. The van der Waals surface area contributed by atoms with Crippen LogP contribution in [0.25, 0.3) is 42.0 Å². The van der Waals surface area contributed by atoms with E-state index in [9.17, 15) is 19.2 Å². The summed E-state index contributed by atoms with van der Waals surface area (Å²) in [6, 6.07) is 3.43. The highest BCUT2D eigenvalue weighted by Gasteiger charge is 2.23. The van der Waals surface area contributed by atoms with Gasteiger partial charge in [0.1, 0.15) is 11.0 Å². The lowest BCUT2D eigenvalue weighted by Gasteiger charge is -1.94. The van der Waals surface area contributed by atoms with Gasteiger partial charge in [-0.25, -0.2) is 9.97 Å². The van der Waals surface area contributed by atoms with Gasteiger partial charge in [-0.05, 0) is 25.0 Å². The molecule has 30 heavy (non-hydrogen) atoms. The van der Waals surface area contributed by atoms with Crippen LogP contribution >= 0.6 is 22.7 Å². The monoisotopic (exact) mass is 436 g/mol. The van der Waals surface area contributed by atoms with Crippen molar-refractivity contribution in [2.24, 2.45) is 0 Å². The molecule has 0 aliphatic heterocycles. The first kappa shape index (κ1) is 19.1. The fourth-order valence-electron chi connectivity index (χ4n) is 3.83. The molecule has 8 heteroatoms. The Bertz CT molecular complexity index is 1480. The van der Waals surface area contributed by atoms with Crippen LogP contribution in [0, 0.1) is 0 Å². The molecule has 0 aliphatic carbocycles. The third-order valence-corrected chi connectivity index (χ3v) is 7.51. The summed E-state index contributed by atoms with van der Waals surface area (Å²) < 4.78 is 1.29. The second kappa shape index (κ2) is 6.85. The zero-order chi connectivity index (χ0) is 21.2. The molecule has 0 bridgehead atoms. The minimum atomic E-state index is -0.234. The van der Waals surface area contributed by atoms with Crippen molar-refractivity contribution in [3.63, 3.8) is 0 Å². The summed E-state index contributed by atoms with van der Waals surface area (Å²) in [6.07, 6.45) is 2.21. The molecule has 0 spiro atoms. The zero-order valence-electron chi connectivity index (χ0n) is 16.3. The van der Waals surface area contributed by atoms with Crippen molar-refractivity contribution in [2.45, 2.75) is 39.5 Å². The molecule has 0 aliphatic rings. The standard InChI is InChI=1S/C22H16N2O4S2/c1-3-5-13(25)21-23-15-17(27)9-8-12-10(7-11(9)19(15)29-21)18(28)16-20(12)30-22(24-16)14(26)6-4-2/h7-8H,3-6H2,1-2H3. The number of thiazole rings is 2. The van der Waals surface area contributed by atoms with Gasteiger partial charge in [0, 0.05) is 34.4 Å². The maximum absolute atomic E-state index is 13.0. The SMILES string of the molecule is CCCC(=O)c1nc2c(=O)c3cc4c(cc3c2s1)c(=O)c1nc(C(=O)CCC)sc14. The number of ketones is 2. The van der Waals surface area contributed by atoms with E-state index < -0.39 is 0 Å². The van der Waals surface area contributed by atoms with Crippen LogP contribution in [-0.4, -0.2) is 21.5 Å². The highest BCUT2D eigenvalue weighted by molar-refractivity contribution is 7.22. The molecule has 2 heterocycles. The molecule has 0 amide bonds. The lowest BCUT2D eigenvalue weighted by atomic mass is 10.1.